The molecule has 32 heavy (non-hydrogen) atoms. The average Bonchev–Trinajstić information content (AvgIpc) is 2.82. The zero-order chi connectivity index (χ0) is 22.3. The van der Waals surface area contributed by atoms with Gasteiger partial charge in [0, 0.05) is 24.8 Å². The highest BCUT2D eigenvalue weighted by Gasteiger charge is 2.21. The molecule has 0 aliphatic carbocycles. The van der Waals surface area contributed by atoms with E-state index in [2.05, 4.69) is 54.3 Å². The van der Waals surface area contributed by atoms with Gasteiger partial charge >= 0.3 is 5.97 Å². The van der Waals surface area contributed by atoms with Crippen LogP contribution >= 0.6 is 0 Å². The minimum atomic E-state index is -0.973. The third-order valence-electron chi connectivity index (χ3n) is 6.20. The highest BCUT2D eigenvalue weighted by atomic mass is 16.5. The predicted molar refractivity (Wildman–Crippen MR) is 128 cm³/mol. The van der Waals surface area contributed by atoms with Crippen LogP contribution in [0.3, 0.4) is 0 Å². The first-order chi connectivity index (χ1) is 15.6. The highest BCUT2D eigenvalue weighted by Crippen LogP contribution is 2.30. The number of benzene rings is 3. The van der Waals surface area contributed by atoms with Crippen LogP contribution in [0.15, 0.2) is 66.7 Å². The van der Waals surface area contributed by atoms with Crippen molar-refractivity contribution in [3.63, 3.8) is 0 Å². The van der Waals surface area contributed by atoms with Crippen LogP contribution in [-0.2, 0) is 9.53 Å². The van der Waals surface area contributed by atoms with Gasteiger partial charge in [-0.2, -0.15) is 0 Å². The van der Waals surface area contributed by atoms with E-state index in [4.69, 9.17) is 14.6 Å². The van der Waals surface area contributed by atoms with E-state index in [0.717, 1.165) is 38.0 Å². The molecular weight excluding hydrogens is 402 g/mol. The van der Waals surface area contributed by atoms with Gasteiger partial charge < -0.3 is 19.5 Å². The molecule has 0 aromatic heterocycles. The van der Waals surface area contributed by atoms with Crippen molar-refractivity contribution in [3.05, 3.63) is 72.3 Å². The van der Waals surface area contributed by atoms with Gasteiger partial charge in [-0.15, -0.1) is 0 Å². The number of carboxylic acid groups (broad SMARTS) is 1. The molecule has 1 aliphatic rings. The first-order valence-corrected chi connectivity index (χ1v) is 11.4. The summed E-state index contributed by atoms with van der Waals surface area (Å²) < 4.78 is 11.4. The summed E-state index contributed by atoms with van der Waals surface area (Å²) in [4.78, 5) is 13.1. The van der Waals surface area contributed by atoms with Gasteiger partial charge in [0.05, 0.1) is 12.7 Å². The van der Waals surface area contributed by atoms with Crippen LogP contribution in [0.4, 0.5) is 5.69 Å². The smallest absolute Gasteiger partial charge is 0.341 e. The number of rotatable bonds is 9. The summed E-state index contributed by atoms with van der Waals surface area (Å²) in [6, 6.07) is 22.8. The van der Waals surface area contributed by atoms with Crippen LogP contribution < -0.4 is 9.64 Å². The summed E-state index contributed by atoms with van der Waals surface area (Å²) in [5.74, 6) is 0.111. The van der Waals surface area contributed by atoms with Crippen molar-refractivity contribution in [2.24, 2.45) is 0 Å². The predicted octanol–water partition coefficient (Wildman–Crippen LogP) is 5.48. The Morgan fingerprint density at radius 1 is 1.16 bits per heavy atom. The van der Waals surface area contributed by atoms with Crippen molar-refractivity contribution in [2.75, 3.05) is 31.2 Å². The van der Waals surface area contributed by atoms with Crippen LogP contribution in [0.25, 0.3) is 10.8 Å². The first-order valence-electron chi connectivity index (χ1n) is 11.4. The van der Waals surface area contributed by atoms with Crippen molar-refractivity contribution >= 4 is 22.4 Å². The third-order valence-corrected chi connectivity index (χ3v) is 6.20. The summed E-state index contributed by atoms with van der Waals surface area (Å²) in [6.07, 6.45) is 3.48. The van der Waals surface area contributed by atoms with Crippen LogP contribution in [0.5, 0.6) is 5.75 Å². The Kier molecular flexibility index (Phi) is 7.28. The number of carbonyl (C=O) groups is 1. The summed E-state index contributed by atoms with van der Waals surface area (Å²) in [7, 11) is 0. The lowest BCUT2D eigenvalue weighted by molar-refractivity contribution is -0.139. The van der Waals surface area contributed by atoms with Gasteiger partial charge in [0.1, 0.15) is 5.75 Å². The van der Waals surface area contributed by atoms with Crippen LogP contribution in [0.2, 0.25) is 0 Å². The molecular formula is C27H31NO4. The molecule has 0 radical (unpaired) electrons. The van der Waals surface area contributed by atoms with Crippen molar-refractivity contribution in [1.29, 1.82) is 0 Å². The zero-order valence-corrected chi connectivity index (χ0v) is 18.6. The molecule has 5 heteroatoms. The fourth-order valence-corrected chi connectivity index (χ4v) is 4.53. The molecule has 1 fully saturated rings. The van der Waals surface area contributed by atoms with Crippen LogP contribution in [-0.4, -0.2) is 43.5 Å². The highest BCUT2D eigenvalue weighted by molar-refractivity contribution is 5.86. The maximum absolute atomic E-state index is 10.8. The number of hydrogen-bond acceptors (Lipinski definition) is 4. The van der Waals surface area contributed by atoms with Gasteiger partial charge in [0.15, 0.2) is 6.61 Å². The Morgan fingerprint density at radius 3 is 2.84 bits per heavy atom. The molecule has 1 aliphatic heterocycles. The Morgan fingerprint density at radius 2 is 1.97 bits per heavy atom. The van der Waals surface area contributed by atoms with E-state index in [0.29, 0.717) is 18.3 Å². The monoisotopic (exact) mass is 433 g/mol. The van der Waals surface area contributed by atoms with Crippen molar-refractivity contribution in [1.82, 2.24) is 0 Å². The largest absolute Gasteiger partial charge is 0.482 e. The molecule has 0 spiro atoms. The number of nitrogens with zero attached hydrogens (tertiary/aromatic N) is 1. The van der Waals surface area contributed by atoms with E-state index in [1.165, 1.54) is 16.3 Å². The number of morpholine rings is 1. The summed E-state index contributed by atoms with van der Waals surface area (Å²) in [5, 5.41) is 11.5. The molecule has 1 N–H and O–H groups in total. The fraction of sp³-hybridized carbons (Fsp3) is 0.370. The van der Waals surface area contributed by atoms with E-state index in [-0.39, 0.29) is 12.7 Å². The molecule has 0 bridgehead atoms. The summed E-state index contributed by atoms with van der Waals surface area (Å²) in [5.41, 5.74) is 2.47. The van der Waals surface area contributed by atoms with Gasteiger partial charge in [-0.1, -0.05) is 61.9 Å². The molecule has 4 rings (SSSR count). The number of carboxylic acids is 1. The second kappa shape index (κ2) is 10.5. The Labute approximate surface area is 189 Å². The van der Waals surface area contributed by atoms with Crippen LogP contribution in [0.1, 0.15) is 37.7 Å². The van der Waals surface area contributed by atoms with Gasteiger partial charge in [-0.3, -0.25) is 0 Å². The van der Waals surface area contributed by atoms with Gasteiger partial charge in [0.25, 0.3) is 0 Å². The van der Waals surface area contributed by atoms with E-state index < -0.39 is 5.97 Å². The number of anilines is 1. The van der Waals surface area contributed by atoms with E-state index in [9.17, 15) is 4.79 Å². The molecule has 3 aromatic carbocycles. The average molecular weight is 434 g/mol. The fourth-order valence-electron chi connectivity index (χ4n) is 4.53. The summed E-state index contributed by atoms with van der Waals surface area (Å²) in [6.45, 7) is 4.35. The third kappa shape index (κ3) is 5.60. The number of aliphatic carboxylic acids is 1. The molecule has 1 saturated heterocycles. The molecule has 1 unspecified atom stereocenters. The number of fused-ring (bicyclic) bond motifs is 1. The van der Waals surface area contributed by atoms with E-state index in [1.807, 2.05) is 18.2 Å². The first kappa shape index (κ1) is 22.2. The normalized spacial score (nSPS) is 17.3. The van der Waals surface area contributed by atoms with Crippen molar-refractivity contribution < 1.29 is 19.4 Å². The molecule has 2 atom stereocenters. The van der Waals surface area contributed by atoms with E-state index >= 15 is 0 Å². The maximum Gasteiger partial charge on any atom is 0.341 e. The van der Waals surface area contributed by atoms with Gasteiger partial charge in [0.2, 0.25) is 0 Å². The lowest BCUT2D eigenvalue weighted by atomic mass is 9.90. The van der Waals surface area contributed by atoms with Crippen molar-refractivity contribution in [2.45, 2.75) is 38.2 Å². The van der Waals surface area contributed by atoms with Crippen molar-refractivity contribution in [3.8, 4) is 5.75 Å². The lowest BCUT2D eigenvalue weighted by Crippen LogP contribution is -2.42. The number of hydrogen-bond donors (Lipinski definition) is 1. The molecule has 3 aromatic rings. The molecule has 0 amide bonds. The summed E-state index contributed by atoms with van der Waals surface area (Å²) >= 11 is 0. The lowest BCUT2D eigenvalue weighted by Gasteiger charge is -2.35. The Balaban J connectivity index is 1.31. The molecule has 5 nitrogen and oxygen atoms in total. The second-order valence-corrected chi connectivity index (χ2v) is 8.52. The minimum absolute atomic E-state index is 0.201. The second-order valence-electron chi connectivity index (χ2n) is 8.52. The molecule has 168 valence electrons. The standard InChI is InChI=1S/C27H31NO4/c1-20(25-14-5-9-21-8-2-3-13-26(21)25)7-4-12-24-18-28(15-16-31-24)22-10-6-11-23(17-22)32-19-27(29)30/h2-3,5-6,8-11,13-14,17,20,24H,4,7,12,15-16,18-19H2,1H3,(H,29,30)/t20-,24?/m0/s1. The quantitative estimate of drug-likeness (QED) is 0.484. The molecule has 1 heterocycles. The Hall–Kier alpha value is -3.05. The van der Waals surface area contributed by atoms with Crippen LogP contribution in [0, 0.1) is 0 Å². The van der Waals surface area contributed by atoms with Gasteiger partial charge in [-0.25, -0.2) is 4.79 Å². The topological polar surface area (TPSA) is 59.0 Å². The van der Waals surface area contributed by atoms with E-state index in [1.54, 1.807) is 6.07 Å². The minimum Gasteiger partial charge on any atom is -0.482 e. The SMILES string of the molecule is C[C@@H](CCCC1CN(c2cccc(OCC(=O)O)c2)CCO1)c1cccc2ccccc12. The van der Waals surface area contributed by atoms with Gasteiger partial charge in [-0.05, 0) is 47.2 Å². The maximum atomic E-state index is 10.8. The zero-order valence-electron chi connectivity index (χ0n) is 18.6. The number of ether oxygens (including phenoxy) is 2. The Bertz CT molecular complexity index is 1050. The molecule has 0 saturated carbocycles.